The van der Waals surface area contributed by atoms with E-state index in [2.05, 4.69) is 54.6 Å². The van der Waals surface area contributed by atoms with Gasteiger partial charge in [0.15, 0.2) is 0 Å². The minimum Gasteiger partial charge on any atom is -0.478 e. The molecule has 0 saturated heterocycles. The van der Waals surface area contributed by atoms with Gasteiger partial charge in [0, 0.05) is 69.2 Å². The quantitative estimate of drug-likeness (QED) is 0.0974. The topological polar surface area (TPSA) is 94.5 Å². The Kier molecular flexibility index (Phi) is 16.5. The first-order valence-corrected chi connectivity index (χ1v) is 15.3. The van der Waals surface area contributed by atoms with Gasteiger partial charge in [0.05, 0.1) is 18.0 Å². The molecule has 1 aromatic carbocycles. The molecule has 0 amide bonds. The molecule has 2 rings (SSSR count). The molecule has 0 bridgehead atoms. The van der Waals surface area contributed by atoms with Crippen molar-refractivity contribution in [2.24, 2.45) is 16.8 Å². The highest BCUT2D eigenvalue weighted by Crippen LogP contribution is 2.21. The second kappa shape index (κ2) is 20.1. The van der Waals surface area contributed by atoms with E-state index in [0.29, 0.717) is 38.4 Å². The van der Waals surface area contributed by atoms with E-state index in [4.69, 9.17) is 9.73 Å². The lowest BCUT2D eigenvalue weighted by Gasteiger charge is -2.28. The maximum Gasteiger partial charge on any atom is 0.335 e. The number of rotatable bonds is 21. The first kappa shape index (κ1) is 36.2. The van der Waals surface area contributed by atoms with Gasteiger partial charge in [-0.05, 0) is 74.5 Å². The summed E-state index contributed by atoms with van der Waals surface area (Å²) in [6.07, 6.45) is 14.0. The fourth-order valence-electron chi connectivity index (χ4n) is 5.12. The average molecular weight is 609 g/mol. The summed E-state index contributed by atoms with van der Waals surface area (Å²) in [5.74, 6) is -0.917. The van der Waals surface area contributed by atoms with E-state index < -0.39 is 5.97 Å². The van der Waals surface area contributed by atoms with E-state index in [9.17, 15) is 19.1 Å². The van der Waals surface area contributed by atoms with Gasteiger partial charge in [-0.1, -0.05) is 44.4 Å². The van der Waals surface area contributed by atoms with Crippen molar-refractivity contribution in [3.8, 4) is 0 Å². The number of carboxylic acids is 1. The Morgan fingerprint density at radius 2 is 2.00 bits per heavy atom. The second-order valence-electron chi connectivity index (χ2n) is 11.1. The Hall–Kier alpha value is -3.98. The molecule has 0 heterocycles. The third kappa shape index (κ3) is 13.1. The molecule has 44 heavy (non-hydrogen) atoms. The summed E-state index contributed by atoms with van der Waals surface area (Å²) in [5.41, 5.74) is 3.75. The largest absolute Gasteiger partial charge is 0.478 e. The summed E-state index contributed by atoms with van der Waals surface area (Å²) in [7, 11) is 3.79. The number of hydrogen-bond acceptors (Lipinski definition) is 7. The molecule has 0 aromatic heterocycles. The number of benzene rings is 1. The molecule has 2 unspecified atom stereocenters. The monoisotopic (exact) mass is 608 g/mol. The Morgan fingerprint density at radius 1 is 1.25 bits per heavy atom. The number of ether oxygens (including phenoxy) is 1. The van der Waals surface area contributed by atoms with Gasteiger partial charge < -0.3 is 20.1 Å². The number of hydrogen-bond donors (Lipinski definition) is 2. The van der Waals surface area contributed by atoms with Crippen LogP contribution >= 0.6 is 0 Å². The van der Waals surface area contributed by atoms with Gasteiger partial charge in [-0.2, -0.15) is 0 Å². The summed E-state index contributed by atoms with van der Waals surface area (Å²) < 4.78 is 18.7. The van der Waals surface area contributed by atoms with E-state index in [1.807, 2.05) is 25.2 Å². The molecule has 240 valence electrons. The Balaban J connectivity index is 2.18. The zero-order chi connectivity index (χ0) is 32.3. The van der Waals surface area contributed by atoms with Crippen molar-refractivity contribution >= 4 is 24.3 Å². The van der Waals surface area contributed by atoms with Gasteiger partial charge in [0.2, 0.25) is 0 Å². The lowest BCUT2D eigenvalue weighted by atomic mass is 10.0. The van der Waals surface area contributed by atoms with Gasteiger partial charge in [-0.25, -0.2) is 9.18 Å². The van der Waals surface area contributed by atoms with E-state index in [-0.39, 0.29) is 30.3 Å². The predicted molar refractivity (Wildman–Crippen MR) is 178 cm³/mol. The lowest BCUT2D eigenvalue weighted by Crippen LogP contribution is -2.34. The standard InChI is InChI=1S/C35H49FN4O4/c1-6-40(20-19-30(25-44-26-41)23-39(5)33-17-15-31(16-18-33)35(42)43)24-32(34(37-4)27(2)13-14-28(3)36)22-38-21-29-11-9-7-8-10-12-29/h7-9,11,15-18,22,26,29-30,37H,2-3,6,10,12-14,19-21,23-25H2,1,4-5H3,(H,42,43)/b34-32+,38-22?. The summed E-state index contributed by atoms with van der Waals surface area (Å²) >= 11 is 0. The fraction of sp³-hybridized carbons (Fsp3) is 0.457. The van der Waals surface area contributed by atoms with Crippen LogP contribution in [0.5, 0.6) is 0 Å². The van der Waals surface area contributed by atoms with Crippen molar-refractivity contribution in [2.75, 3.05) is 58.3 Å². The molecule has 2 atom stereocenters. The van der Waals surface area contributed by atoms with Crippen LogP contribution < -0.4 is 10.2 Å². The summed E-state index contributed by atoms with van der Waals surface area (Å²) in [5, 5.41) is 12.5. The number of carbonyl (C=O) groups is 2. The molecule has 0 radical (unpaired) electrons. The van der Waals surface area contributed by atoms with Crippen LogP contribution in [0, 0.1) is 11.8 Å². The number of nitrogens with zero attached hydrogens (tertiary/aromatic N) is 3. The molecule has 9 heteroatoms. The number of carboxylic acid groups (broad SMARTS) is 1. The van der Waals surface area contributed by atoms with Crippen molar-refractivity contribution in [3.63, 3.8) is 0 Å². The second-order valence-corrected chi connectivity index (χ2v) is 11.1. The van der Waals surface area contributed by atoms with Crippen LogP contribution in [0.25, 0.3) is 0 Å². The van der Waals surface area contributed by atoms with Gasteiger partial charge in [0.25, 0.3) is 6.47 Å². The van der Waals surface area contributed by atoms with Crippen molar-refractivity contribution in [2.45, 2.75) is 39.0 Å². The number of carbonyl (C=O) groups excluding carboxylic acids is 1. The van der Waals surface area contributed by atoms with Crippen molar-refractivity contribution in [3.05, 3.63) is 90.0 Å². The minimum atomic E-state index is -0.967. The van der Waals surface area contributed by atoms with E-state index in [0.717, 1.165) is 54.9 Å². The first-order chi connectivity index (χ1) is 21.2. The fourth-order valence-corrected chi connectivity index (χ4v) is 5.12. The zero-order valence-corrected chi connectivity index (χ0v) is 26.5. The van der Waals surface area contributed by atoms with Gasteiger partial charge in [-0.3, -0.25) is 14.7 Å². The first-order valence-electron chi connectivity index (χ1n) is 15.3. The smallest absolute Gasteiger partial charge is 0.335 e. The van der Waals surface area contributed by atoms with Crippen LogP contribution in [0.4, 0.5) is 10.1 Å². The Labute approximate surface area is 262 Å². The third-order valence-corrected chi connectivity index (χ3v) is 7.73. The molecule has 1 aliphatic rings. The molecule has 8 nitrogen and oxygen atoms in total. The third-order valence-electron chi connectivity index (χ3n) is 7.73. The number of aliphatic imine (C=N–C) groups is 1. The van der Waals surface area contributed by atoms with Crippen LogP contribution in [0.1, 0.15) is 49.4 Å². The number of aromatic carboxylic acids is 1. The number of halogens is 1. The average Bonchev–Trinajstić information content (AvgIpc) is 3.29. The number of nitrogens with one attached hydrogen (secondary N) is 1. The van der Waals surface area contributed by atoms with Crippen LogP contribution in [0.15, 0.2) is 89.4 Å². The molecule has 0 saturated carbocycles. The summed E-state index contributed by atoms with van der Waals surface area (Å²) in [6, 6.07) is 6.72. The maximum atomic E-state index is 13.5. The predicted octanol–water partition coefficient (Wildman–Crippen LogP) is 6.21. The van der Waals surface area contributed by atoms with E-state index in [1.165, 1.54) is 0 Å². The number of allylic oxidation sites excluding steroid dienone is 5. The summed E-state index contributed by atoms with van der Waals surface area (Å²) in [4.78, 5) is 31.4. The maximum absolute atomic E-state index is 13.5. The molecular weight excluding hydrogens is 559 g/mol. The van der Waals surface area contributed by atoms with E-state index >= 15 is 0 Å². The van der Waals surface area contributed by atoms with Crippen LogP contribution in [0.2, 0.25) is 0 Å². The number of anilines is 1. The highest BCUT2D eigenvalue weighted by Gasteiger charge is 2.18. The van der Waals surface area contributed by atoms with Gasteiger partial charge in [0.1, 0.15) is 0 Å². The Bertz CT molecular complexity index is 1210. The number of likely N-dealkylation sites (N-methyl/N-ethyl adjacent to an activating group) is 2. The van der Waals surface area contributed by atoms with Gasteiger partial charge in [-0.15, -0.1) is 0 Å². The van der Waals surface area contributed by atoms with Gasteiger partial charge >= 0.3 is 5.97 Å². The minimum absolute atomic E-state index is 0.0458. The highest BCUT2D eigenvalue weighted by atomic mass is 19.1. The SMILES string of the molecule is C=C(F)CCC(=C)/C(NC)=C(/C=NCC1C=CC=CCC1)CN(CC)CCC(COC=O)CN(C)c1ccc(C(=O)O)cc1. The van der Waals surface area contributed by atoms with Crippen molar-refractivity contribution < 1.29 is 23.8 Å². The van der Waals surface area contributed by atoms with Crippen molar-refractivity contribution in [1.82, 2.24) is 10.2 Å². The lowest BCUT2D eigenvalue weighted by molar-refractivity contribution is -0.129. The molecule has 0 spiro atoms. The molecule has 1 aromatic rings. The highest BCUT2D eigenvalue weighted by molar-refractivity contribution is 5.88. The zero-order valence-electron chi connectivity index (χ0n) is 26.5. The Morgan fingerprint density at radius 3 is 2.64 bits per heavy atom. The normalized spacial score (nSPS) is 15.9. The van der Waals surface area contributed by atoms with Crippen LogP contribution in [0.3, 0.4) is 0 Å². The molecule has 1 aliphatic carbocycles. The molecule has 0 fully saturated rings. The van der Waals surface area contributed by atoms with E-state index in [1.54, 1.807) is 24.3 Å². The van der Waals surface area contributed by atoms with Crippen LogP contribution in [-0.2, 0) is 9.53 Å². The molecule has 2 N–H and O–H groups in total. The van der Waals surface area contributed by atoms with Crippen molar-refractivity contribution in [1.29, 1.82) is 0 Å². The summed E-state index contributed by atoms with van der Waals surface area (Å²) in [6.45, 7) is 13.9. The van der Waals surface area contributed by atoms with Crippen LogP contribution in [-0.4, -0.2) is 82.1 Å². The molecular formula is C35H49FN4O4. The molecule has 0 aliphatic heterocycles.